The molecule has 94 heavy (non-hydrogen) atoms. The molecule has 0 atom stereocenters. The van der Waals surface area contributed by atoms with E-state index in [2.05, 4.69) is 9.98 Å². The molecule has 0 radical (unpaired) electrons. The molecule has 0 aliphatic heterocycles. The van der Waals surface area contributed by atoms with Gasteiger partial charge in [-0.1, -0.05) is 144 Å². The Balaban J connectivity index is 1.09. The number of carbonyl (C=O) groups is 6. The van der Waals surface area contributed by atoms with E-state index in [0.29, 0.717) is 69.2 Å². The third-order valence-corrected chi connectivity index (χ3v) is 17.9. The molecule has 24 heteroatoms. The van der Waals surface area contributed by atoms with Crippen molar-refractivity contribution in [1.29, 1.82) is 21.0 Å². The van der Waals surface area contributed by atoms with Gasteiger partial charge in [-0.15, -0.1) is 0 Å². The smallest absolute Gasteiger partial charge is 0.334 e. The van der Waals surface area contributed by atoms with Crippen LogP contribution in [-0.4, -0.2) is 56.8 Å². The number of aliphatic imine (C=N–C) groups is 2. The van der Waals surface area contributed by atoms with E-state index in [1.165, 1.54) is 12.1 Å². The minimum absolute atomic E-state index is 0.103. The van der Waals surface area contributed by atoms with E-state index in [4.69, 9.17) is 28.9 Å². The first-order valence-electron chi connectivity index (χ1n) is 28.0. The molecule has 4 aliphatic rings. The molecule has 2 heterocycles. The molecule has 2 aromatic heterocycles. The lowest BCUT2D eigenvalue weighted by Crippen LogP contribution is -2.47. The molecule has 0 unspecified atom stereocenters. The van der Waals surface area contributed by atoms with Crippen LogP contribution in [0.25, 0.3) is 32.0 Å². The summed E-state index contributed by atoms with van der Waals surface area (Å²) in [4.78, 5) is 111. The Kier molecular flexibility index (Phi) is 15.5. The molecule has 13 rings (SSSR count). The SMILES string of the molecule is N#CC(C#N)=C1C(=Nc2nc3c(s2)-c2cc4c(cc2C3(C(=O)OCc2ccccc2)C(=O)OCc2ccccc2)-c2sc(N=C3C(=O)c5cc(F)c(F)cc5C3=C(C#N)C#N)nc2C4(C(=O)OCc2ccccc2)C(=O)OCc2ccccc2)C(=O)c2cc(F)c(F)cc21. The molecule has 0 fully saturated rings. The molecule has 454 valence electrons. The van der Waals surface area contributed by atoms with Gasteiger partial charge in [-0.05, 0) is 80.9 Å². The molecule has 0 spiro atoms. The van der Waals surface area contributed by atoms with Gasteiger partial charge in [-0.2, -0.15) is 21.0 Å². The normalized spacial score (nSPS) is 14.7. The number of hydrogen-bond donors (Lipinski definition) is 0. The van der Waals surface area contributed by atoms with Crippen molar-refractivity contribution in [3.8, 4) is 45.2 Å². The molecule has 9 aromatic rings. The fourth-order valence-electron chi connectivity index (χ4n) is 11.6. The van der Waals surface area contributed by atoms with Gasteiger partial charge in [0, 0.05) is 33.4 Å². The van der Waals surface area contributed by atoms with E-state index in [-0.39, 0.29) is 43.1 Å². The standard InChI is InChI=1S/C70H34F4N8O10S2/c71-49-23-41-43(25-51(49)73)57(83)55(53(41)39(27-75)28-76)79-67-81-61-59(93-67)45-22-48-46(21-47(45)69(61,63(85)89-31-35-13-5-1-6-14-35)64(86)90-32-36-15-7-2-8-16-36)60-62(70(48,65(87)91-33-37-17-9-3-10-18-37)66(88)92-34-38-19-11-4-12-20-38)82-68(94-60)80-56-54(40(29-77)30-78)42-24-50(72)52(74)26-44(42)58(56)84/h1-26H,31-34H2. The van der Waals surface area contributed by atoms with Crippen LogP contribution in [0, 0.1) is 68.6 Å². The number of hydrogen-bond acceptors (Lipinski definition) is 20. The Morgan fingerprint density at radius 1 is 0.415 bits per heavy atom. The van der Waals surface area contributed by atoms with Crippen molar-refractivity contribution < 1.29 is 65.3 Å². The Labute approximate surface area is 536 Å². The van der Waals surface area contributed by atoms with Crippen LogP contribution in [0.4, 0.5) is 27.8 Å². The lowest BCUT2D eigenvalue weighted by Gasteiger charge is -2.28. The van der Waals surface area contributed by atoms with Gasteiger partial charge in [-0.25, -0.2) is 37.5 Å². The molecule has 0 N–H and O–H groups in total. The first-order valence-corrected chi connectivity index (χ1v) is 29.6. The molecular weight excluding hydrogens is 1250 g/mol. The lowest BCUT2D eigenvalue weighted by atomic mass is 9.76. The molecular formula is C70H34F4N8O10S2. The maximum absolute atomic E-state index is 15.9. The first kappa shape index (κ1) is 60.4. The van der Waals surface area contributed by atoms with Crippen LogP contribution in [0.5, 0.6) is 0 Å². The predicted octanol–water partition coefficient (Wildman–Crippen LogP) is 12.2. The topological polar surface area (TPSA) is 285 Å². The molecule has 0 bridgehead atoms. The van der Waals surface area contributed by atoms with Crippen molar-refractivity contribution in [2.24, 2.45) is 9.98 Å². The second-order valence-corrected chi connectivity index (χ2v) is 23.1. The number of ether oxygens (including phenoxy) is 4. The van der Waals surface area contributed by atoms with Crippen LogP contribution in [0.1, 0.15) is 76.6 Å². The summed E-state index contributed by atoms with van der Waals surface area (Å²) in [5.74, 6) is -13.1. The van der Waals surface area contributed by atoms with Crippen molar-refractivity contribution in [2.45, 2.75) is 37.3 Å². The summed E-state index contributed by atoms with van der Waals surface area (Å²) in [5, 5.41) is 39.8. The fraction of sp³-hybridized carbons (Fsp3) is 0.0857. The number of fused-ring (bicyclic) bond motifs is 8. The van der Waals surface area contributed by atoms with Crippen molar-refractivity contribution in [3.05, 3.63) is 259 Å². The van der Waals surface area contributed by atoms with Gasteiger partial charge < -0.3 is 18.9 Å². The number of thiazole rings is 2. The van der Waals surface area contributed by atoms with Gasteiger partial charge in [0.15, 0.2) is 23.3 Å². The van der Waals surface area contributed by atoms with E-state index in [1.807, 2.05) is 0 Å². The second-order valence-electron chi connectivity index (χ2n) is 21.2. The number of esters is 4. The van der Waals surface area contributed by atoms with Gasteiger partial charge in [0.05, 0.1) is 21.1 Å². The number of nitriles is 4. The van der Waals surface area contributed by atoms with E-state index in [9.17, 15) is 39.4 Å². The third kappa shape index (κ3) is 9.81. The number of benzene rings is 7. The maximum atomic E-state index is 15.9. The first-order chi connectivity index (χ1) is 45.5. The number of halogens is 4. The molecule has 0 saturated carbocycles. The van der Waals surface area contributed by atoms with Crippen LogP contribution in [0.3, 0.4) is 0 Å². The summed E-state index contributed by atoms with van der Waals surface area (Å²) < 4.78 is 84.3. The van der Waals surface area contributed by atoms with E-state index >= 15 is 28.0 Å². The van der Waals surface area contributed by atoms with Crippen molar-refractivity contribution >= 4 is 90.9 Å². The van der Waals surface area contributed by atoms with Crippen molar-refractivity contribution in [2.75, 3.05) is 0 Å². The zero-order valence-electron chi connectivity index (χ0n) is 47.8. The number of Topliss-reactive ketones (excluding diaryl/α,β-unsaturated/α-hetero) is 2. The molecule has 7 aromatic carbocycles. The number of ketones is 2. The van der Waals surface area contributed by atoms with Crippen molar-refractivity contribution in [1.82, 2.24) is 9.97 Å². The molecule has 0 amide bonds. The second kappa shape index (κ2) is 24.0. The fourth-order valence-corrected chi connectivity index (χ4v) is 13.6. The maximum Gasteiger partial charge on any atom is 0.334 e. The van der Waals surface area contributed by atoms with E-state index in [1.54, 1.807) is 146 Å². The van der Waals surface area contributed by atoms with Gasteiger partial charge in [0.25, 0.3) is 0 Å². The molecule has 0 saturated heterocycles. The van der Waals surface area contributed by atoms with Crippen LogP contribution in [0.2, 0.25) is 0 Å². The summed E-state index contributed by atoms with van der Waals surface area (Å²) in [6.45, 7) is -1.87. The van der Waals surface area contributed by atoms with Crippen LogP contribution in [0.15, 0.2) is 179 Å². The number of aromatic nitrogens is 2. The van der Waals surface area contributed by atoms with Gasteiger partial charge >= 0.3 is 23.9 Å². The summed E-state index contributed by atoms with van der Waals surface area (Å²) >= 11 is 1.25. The highest BCUT2D eigenvalue weighted by Crippen LogP contribution is 2.61. The molecule has 18 nitrogen and oxygen atoms in total. The van der Waals surface area contributed by atoms with Crippen LogP contribution < -0.4 is 0 Å². The van der Waals surface area contributed by atoms with Gasteiger partial charge in [0.2, 0.25) is 32.7 Å². The summed E-state index contributed by atoms with van der Waals surface area (Å²) in [6.07, 6.45) is 0. The number of carbonyl (C=O) groups excluding carboxylic acids is 6. The third-order valence-electron chi connectivity index (χ3n) is 15.9. The summed E-state index contributed by atoms with van der Waals surface area (Å²) in [5.41, 5.74) is -11.0. The number of rotatable bonds is 14. The number of allylic oxidation sites excluding steroid dienone is 4. The Bertz CT molecular complexity index is 4690. The predicted molar refractivity (Wildman–Crippen MR) is 327 cm³/mol. The van der Waals surface area contributed by atoms with Crippen LogP contribution in [-0.2, 0) is 75.4 Å². The molecule has 4 aliphatic carbocycles. The minimum atomic E-state index is -2.85. The van der Waals surface area contributed by atoms with Crippen LogP contribution >= 0.6 is 22.7 Å². The van der Waals surface area contributed by atoms with E-state index < -0.39 is 162 Å². The highest BCUT2D eigenvalue weighted by Gasteiger charge is 2.65. The summed E-state index contributed by atoms with van der Waals surface area (Å²) in [7, 11) is 0. The average molecular weight is 1290 g/mol. The Morgan fingerprint density at radius 3 is 0.968 bits per heavy atom. The van der Waals surface area contributed by atoms with Gasteiger partial charge in [0.1, 0.15) is 73.3 Å². The zero-order chi connectivity index (χ0) is 65.7. The van der Waals surface area contributed by atoms with Crippen molar-refractivity contribution in [3.63, 3.8) is 0 Å². The average Bonchev–Trinajstić information content (AvgIpc) is 1.51. The largest absolute Gasteiger partial charge is 0.459 e. The highest BCUT2D eigenvalue weighted by atomic mass is 32.1. The lowest BCUT2D eigenvalue weighted by molar-refractivity contribution is -0.166. The summed E-state index contributed by atoms with van der Waals surface area (Å²) in [6, 6.07) is 44.9. The Morgan fingerprint density at radius 2 is 0.691 bits per heavy atom. The highest BCUT2D eigenvalue weighted by molar-refractivity contribution is 7.19. The van der Waals surface area contributed by atoms with E-state index in [0.717, 1.165) is 0 Å². The Hall–Kier alpha value is -12.5. The number of nitrogens with zero attached hydrogens (tertiary/aromatic N) is 8. The minimum Gasteiger partial charge on any atom is -0.459 e. The zero-order valence-corrected chi connectivity index (χ0v) is 49.5. The van der Waals surface area contributed by atoms with Gasteiger partial charge in [-0.3, -0.25) is 28.8 Å². The quantitative estimate of drug-likeness (QED) is 0.0321. The monoisotopic (exact) mass is 1290 g/mol.